The highest BCUT2D eigenvalue weighted by Gasteiger charge is 2.29. The third-order valence-corrected chi connectivity index (χ3v) is 5.76. The molecule has 7 heteroatoms. The monoisotopic (exact) mass is 372 g/mol. The van der Waals surface area contributed by atoms with E-state index >= 15 is 0 Å². The molecule has 4 rings (SSSR count). The van der Waals surface area contributed by atoms with Crippen LogP contribution in [0.2, 0.25) is 0 Å². The topological polar surface area (TPSA) is 65.1 Å². The molecular weight excluding hydrogens is 344 g/mol. The summed E-state index contributed by atoms with van der Waals surface area (Å²) in [6.45, 7) is 5.62. The number of nitrogens with one attached hydrogen (secondary N) is 1. The maximum Gasteiger partial charge on any atom is 0.410 e. The molecule has 3 amide bonds. The van der Waals surface area contributed by atoms with Crippen molar-refractivity contribution in [1.29, 1.82) is 0 Å². The van der Waals surface area contributed by atoms with Crippen LogP contribution < -0.4 is 5.32 Å². The van der Waals surface area contributed by atoms with E-state index in [0.29, 0.717) is 25.7 Å². The Bertz CT molecular complexity index is 672. The molecule has 146 valence electrons. The Balaban J connectivity index is 1.30. The molecule has 0 spiro atoms. The van der Waals surface area contributed by atoms with E-state index in [9.17, 15) is 9.59 Å². The van der Waals surface area contributed by atoms with Crippen LogP contribution in [-0.2, 0) is 11.3 Å². The van der Waals surface area contributed by atoms with Crippen molar-refractivity contribution >= 4 is 17.8 Å². The molecule has 3 fully saturated rings. The van der Waals surface area contributed by atoms with Gasteiger partial charge in [-0.3, -0.25) is 4.90 Å². The van der Waals surface area contributed by atoms with Crippen molar-refractivity contribution in [3.05, 3.63) is 29.8 Å². The second-order valence-electron chi connectivity index (χ2n) is 7.65. The second kappa shape index (κ2) is 8.17. The molecule has 0 bridgehead atoms. The third-order valence-electron chi connectivity index (χ3n) is 5.76. The van der Waals surface area contributed by atoms with Crippen molar-refractivity contribution in [2.75, 3.05) is 44.6 Å². The van der Waals surface area contributed by atoms with Crippen LogP contribution in [0, 0.1) is 0 Å². The maximum atomic E-state index is 12.7. The summed E-state index contributed by atoms with van der Waals surface area (Å²) in [4.78, 5) is 30.4. The summed E-state index contributed by atoms with van der Waals surface area (Å²) in [5.41, 5.74) is 1.81. The number of hydrogen-bond donors (Lipinski definition) is 1. The fourth-order valence-corrected chi connectivity index (χ4v) is 4.23. The molecule has 27 heavy (non-hydrogen) atoms. The minimum atomic E-state index is -0.259. The van der Waals surface area contributed by atoms with Gasteiger partial charge in [0.25, 0.3) is 0 Å². The first-order valence-corrected chi connectivity index (χ1v) is 10.00. The van der Waals surface area contributed by atoms with E-state index in [2.05, 4.69) is 10.2 Å². The fourth-order valence-electron chi connectivity index (χ4n) is 4.23. The fraction of sp³-hybridized carbons (Fsp3) is 0.600. The minimum absolute atomic E-state index is 0.0187. The van der Waals surface area contributed by atoms with Gasteiger partial charge in [-0.05, 0) is 56.5 Å². The number of cyclic esters (lactones) is 1. The number of benzene rings is 1. The lowest BCUT2D eigenvalue weighted by Crippen LogP contribution is -2.50. The number of ether oxygens (including phenoxy) is 1. The zero-order valence-corrected chi connectivity index (χ0v) is 15.7. The van der Waals surface area contributed by atoms with Crippen molar-refractivity contribution in [2.24, 2.45) is 0 Å². The van der Waals surface area contributed by atoms with Gasteiger partial charge < -0.3 is 19.9 Å². The van der Waals surface area contributed by atoms with Crippen LogP contribution in [0.25, 0.3) is 0 Å². The largest absolute Gasteiger partial charge is 0.448 e. The number of rotatable bonds is 4. The van der Waals surface area contributed by atoms with Crippen molar-refractivity contribution < 1.29 is 14.3 Å². The average Bonchev–Trinajstić information content (AvgIpc) is 3.36. The van der Waals surface area contributed by atoms with E-state index in [-0.39, 0.29) is 12.1 Å². The second-order valence-corrected chi connectivity index (χ2v) is 7.65. The highest BCUT2D eigenvalue weighted by atomic mass is 16.6. The predicted molar refractivity (Wildman–Crippen MR) is 103 cm³/mol. The summed E-state index contributed by atoms with van der Waals surface area (Å²) >= 11 is 0. The molecule has 1 aromatic rings. The SMILES string of the molecule is O=C(Nc1ccc(CN2CCOC2=O)cc1)N1CCC[C@@H](N2CCCC2)C1. The Kier molecular flexibility index (Phi) is 5.48. The quantitative estimate of drug-likeness (QED) is 0.883. The molecule has 0 saturated carbocycles. The lowest BCUT2D eigenvalue weighted by molar-refractivity contribution is 0.132. The van der Waals surface area contributed by atoms with Gasteiger partial charge in [0.15, 0.2) is 0 Å². The lowest BCUT2D eigenvalue weighted by atomic mass is 10.0. The first-order chi connectivity index (χ1) is 13.2. The Labute approximate surface area is 160 Å². The Morgan fingerprint density at radius 2 is 1.85 bits per heavy atom. The van der Waals surface area contributed by atoms with Crippen LogP contribution in [0.4, 0.5) is 15.3 Å². The van der Waals surface area contributed by atoms with Crippen molar-refractivity contribution in [3.8, 4) is 0 Å². The van der Waals surface area contributed by atoms with Crippen molar-refractivity contribution in [1.82, 2.24) is 14.7 Å². The molecule has 0 aliphatic carbocycles. The highest BCUT2D eigenvalue weighted by Crippen LogP contribution is 2.21. The standard InChI is InChI=1S/C20H28N4O3/c25-19(23-11-3-4-18(15-23)22-9-1-2-10-22)21-17-7-5-16(6-8-17)14-24-12-13-27-20(24)26/h5-8,18H,1-4,9-15H2,(H,21,25)/t18-/m1/s1. The van der Waals surface area contributed by atoms with E-state index in [1.165, 1.54) is 32.4 Å². The molecule has 0 aromatic heterocycles. The van der Waals surface area contributed by atoms with Gasteiger partial charge in [0.2, 0.25) is 0 Å². The first-order valence-electron chi connectivity index (χ1n) is 10.00. The number of amides is 3. The number of carbonyl (C=O) groups is 2. The maximum absolute atomic E-state index is 12.7. The summed E-state index contributed by atoms with van der Waals surface area (Å²) in [5.74, 6) is 0. The first kappa shape index (κ1) is 18.1. The van der Waals surface area contributed by atoms with Crippen LogP contribution in [0.1, 0.15) is 31.2 Å². The van der Waals surface area contributed by atoms with Gasteiger partial charge in [-0.25, -0.2) is 9.59 Å². The number of likely N-dealkylation sites (tertiary alicyclic amines) is 2. The van der Waals surface area contributed by atoms with Crippen LogP contribution in [-0.4, -0.2) is 72.2 Å². The van der Waals surface area contributed by atoms with Gasteiger partial charge in [-0.2, -0.15) is 0 Å². The zero-order valence-electron chi connectivity index (χ0n) is 15.7. The average molecular weight is 372 g/mol. The number of carbonyl (C=O) groups excluding carboxylic acids is 2. The molecule has 3 aliphatic heterocycles. The molecule has 3 heterocycles. The van der Waals surface area contributed by atoms with Crippen molar-refractivity contribution in [3.63, 3.8) is 0 Å². The van der Waals surface area contributed by atoms with E-state index in [1.54, 1.807) is 4.90 Å². The molecule has 1 N–H and O–H groups in total. The number of nitrogens with zero attached hydrogens (tertiary/aromatic N) is 3. The van der Waals surface area contributed by atoms with Crippen LogP contribution in [0.5, 0.6) is 0 Å². The van der Waals surface area contributed by atoms with Gasteiger partial charge in [0, 0.05) is 31.4 Å². The number of anilines is 1. The van der Waals surface area contributed by atoms with Gasteiger partial charge in [-0.15, -0.1) is 0 Å². The number of piperidine rings is 1. The Hall–Kier alpha value is -2.28. The number of hydrogen-bond acceptors (Lipinski definition) is 4. The lowest BCUT2D eigenvalue weighted by Gasteiger charge is -2.37. The molecule has 3 aliphatic rings. The molecule has 0 radical (unpaired) electrons. The van der Waals surface area contributed by atoms with Gasteiger partial charge in [0.1, 0.15) is 6.61 Å². The minimum Gasteiger partial charge on any atom is -0.448 e. The highest BCUT2D eigenvalue weighted by molar-refractivity contribution is 5.89. The van der Waals surface area contributed by atoms with Crippen LogP contribution in [0.15, 0.2) is 24.3 Å². The summed E-state index contributed by atoms with van der Waals surface area (Å²) in [5, 5.41) is 3.02. The smallest absolute Gasteiger partial charge is 0.410 e. The molecule has 0 unspecified atom stereocenters. The van der Waals surface area contributed by atoms with Gasteiger partial charge >= 0.3 is 12.1 Å². The summed E-state index contributed by atoms with van der Waals surface area (Å²) in [6.07, 6.45) is 4.57. The molecule has 1 atom stereocenters. The zero-order chi connectivity index (χ0) is 18.6. The molecule has 3 saturated heterocycles. The predicted octanol–water partition coefficient (Wildman–Crippen LogP) is 2.73. The van der Waals surface area contributed by atoms with E-state index in [0.717, 1.165) is 30.8 Å². The van der Waals surface area contributed by atoms with E-state index < -0.39 is 0 Å². The molecule has 7 nitrogen and oxygen atoms in total. The number of urea groups is 1. The third kappa shape index (κ3) is 4.35. The summed E-state index contributed by atoms with van der Waals surface area (Å²) in [7, 11) is 0. The van der Waals surface area contributed by atoms with Gasteiger partial charge in [0.05, 0.1) is 6.54 Å². The van der Waals surface area contributed by atoms with E-state index in [4.69, 9.17) is 4.74 Å². The Morgan fingerprint density at radius 1 is 1.07 bits per heavy atom. The van der Waals surface area contributed by atoms with Gasteiger partial charge in [-0.1, -0.05) is 12.1 Å². The molecule has 1 aromatic carbocycles. The molecular formula is C20H28N4O3. The van der Waals surface area contributed by atoms with E-state index in [1.807, 2.05) is 29.2 Å². The summed E-state index contributed by atoms with van der Waals surface area (Å²) < 4.78 is 4.95. The van der Waals surface area contributed by atoms with Crippen LogP contribution >= 0.6 is 0 Å². The van der Waals surface area contributed by atoms with Crippen LogP contribution in [0.3, 0.4) is 0 Å². The van der Waals surface area contributed by atoms with Crippen molar-refractivity contribution in [2.45, 2.75) is 38.3 Å². The summed E-state index contributed by atoms with van der Waals surface area (Å²) in [6, 6.07) is 8.19. The normalized spacial score (nSPS) is 23.6. The Morgan fingerprint density at radius 3 is 2.56 bits per heavy atom.